The van der Waals surface area contributed by atoms with E-state index < -0.39 is 11.9 Å². The number of guanidine groups is 1. The molecular weight excluding hydrogens is 496 g/mol. The van der Waals surface area contributed by atoms with Crippen LogP contribution in [0.3, 0.4) is 0 Å². The number of rotatable bonds is 5. The van der Waals surface area contributed by atoms with E-state index in [1.54, 1.807) is 14.0 Å². The van der Waals surface area contributed by atoms with E-state index in [0.29, 0.717) is 56.5 Å². The second kappa shape index (κ2) is 11.0. The molecule has 1 fully saturated rings. The van der Waals surface area contributed by atoms with Gasteiger partial charge in [0.25, 0.3) is 0 Å². The maximum absolute atomic E-state index is 12.6. The largest absolute Gasteiger partial charge is 0.466 e. The minimum Gasteiger partial charge on any atom is -0.466 e. The molecule has 1 aliphatic rings. The highest BCUT2D eigenvalue weighted by Crippen LogP contribution is 2.30. The average molecular weight is 520 g/mol. The lowest BCUT2D eigenvalue weighted by Gasteiger charge is -2.33. The molecule has 0 spiro atoms. The number of carbonyl (C=O) groups is 1. The van der Waals surface area contributed by atoms with E-state index in [1.807, 2.05) is 4.90 Å². The number of hydrogen-bond acceptors (Lipinski definition) is 5. The number of carbonyl (C=O) groups excluding carboxylic acids is 1. The lowest BCUT2D eigenvalue weighted by Crippen LogP contribution is -2.47. The zero-order chi connectivity index (χ0) is 19.2. The van der Waals surface area contributed by atoms with Crippen LogP contribution in [0.1, 0.15) is 30.5 Å². The molecule has 0 bridgehead atoms. The second-order valence-corrected chi connectivity index (χ2v) is 6.80. The van der Waals surface area contributed by atoms with Crippen molar-refractivity contribution in [1.29, 1.82) is 0 Å². The van der Waals surface area contributed by atoms with Crippen molar-refractivity contribution in [2.75, 3.05) is 33.3 Å². The van der Waals surface area contributed by atoms with Gasteiger partial charge in [-0.2, -0.15) is 13.2 Å². The summed E-state index contributed by atoms with van der Waals surface area (Å²) in [6, 6.07) is 0. The van der Waals surface area contributed by atoms with Crippen LogP contribution in [-0.2, 0) is 22.1 Å². The summed E-state index contributed by atoms with van der Waals surface area (Å²) in [6.45, 7) is 3.97. The SMILES string of the molecule is CCOC(=O)C1CCN(C(=NC)NCCc2nc(C(F)(F)F)cs2)CC1.I. The van der Waals surface area contributed by atoms with Crippen LogP contribution in [0.5, 0.6) is 0 Å². The number of nitrogens with zero attached hydrogens (tertiary/aromatic N) is 3. The molecule has 0 unspecified atom stereocenters. The summed E-state index contributed by atoms with van der Waals surface area (Å²) in [7, 11) is 1.66. The monoisotopic (exact) mass is 520 g/mol. The van der Waals surface area contributed by atoms with Crippen LogP contribution in [0.25, 0.3) is 0 Å². The zero-order valence-corrected chi connectivity index (χ0v) is 18.4. The highest BCUT2D eigenvalue weighted by Gasteiger charge is 2.33. The Bertz CT molecular complexity index is 631. The van der Waals surface area contributed by atoms with Gasteiger partial charge in [-0.1, -0.05) is 0 Å². The lowest BCUT2D eigenvalue weighted by atomic mass is 9.97. The van der Waals surface area contributed by atoms with Gasteiger partial charge < -0.3 is 15.0 Å². The van der Waals surface area contributed by atoms with Crippen molar-refractivity contribution in [3.63, 3.8) is 0 Å². The molecule has 2 heterocycles. The number of likely N-dealkylation sites (tertiary alicyclic amines) is 1. The van der Waals surface area contributed by atoms with Gasteiger partial charge in [0, 0.05) is 38.5 Å². The maximum Gasteiger partial charge on any atom is 0.434 e. The summed E-state index contributed by atoms with van der Waals surface area (Å²) in [5.41, 5.74) is -0.845. The van der Waals surface area contributed by atoms with Crippen molar-refractivity contribution in [1.82, 2.24) is 15.2 Å². The minimum atomic E-state index is -4.40. The van der Waals surface area contributed by atoms with Crippen molar-refractivity contribution in [2.24, 2.45) is 10.9 Å². The number of thiazole rings is 1. The number of aliphatic imine (C=N–C) groups is 1. The summed E-state index contributed by atoms with van der Waals surface area (Å²) in [4.78, 5) is 21.6. The number of hydrogen-bond donors (Lipinski definition) is 1. The van der Waals surface area contributed by atoms with Crippen LogP contribution in [0.4, 0.5) is 13.2 Å². The Morgan fingerprint density at radius 1 is 1.44 bits per heavy atom. The molecule has 154 valence electrons. The predicted octanol–water partition coefficient (Wildman–Crippen LogP) is 3.17. The first-order valence-corrected chi connectivity index (χ1v) is 9.37. The van der Waals surface area contributed by atoms with E-state index in [4.69, 9.17) is 4.74 Å². The van der Waals surface area contributed by atoms with Gasteiger partial charge in [0.05, 0.1) is 17.5 Å². The number of nitrogens with one attached hydrogen (secondary N) is 1. The van der Waals surface area contributed by atoms with E-state index in [-0.39, 0.29) is 35.9 Å². The Balaban J connectivity index is 0.00000364. The van der Waals surface area contributed by atoms with Crippen LogP contribution in [0.15, 0.2) is 10.4 Å². The summed E-state index contributed by atoms with van der Waals surface area (Å²) >= 11 is 1.00. The molecule has 2 rings (SSSR count). The van der Waals surface area contributed by atoms with E-state index in [0.717, 1.165) is 16.7 Å². The van der Waals surface area contributed by atoms with E-state index in [9.17, 15) is 18.0 Å². The molecule has 1 aliphatic heterocycles. The highest BCUT2D eigenvalue weighted by atomic mass is 127. The Morgan fingerprint density at radius 3 is 2.63 bits per heavy atom. The van der Waals surface area contributed by atoms with Crippen molar-refractivity contribution in [3.8, 4) is 0 Å². The first-order valence-electron chi connectivity index (χ1n) is 8.49. The van der Waals surface area contributed by atoms with Crippen LogP contribution >= 0.6 is 35.3 Å². The van der Waals surface area contributed by atoms with Crippen LogP contribution < -0.4 is 5.32 Å². The third-order valence-corrected chi connectivity index (χ3v) is 5.00. The normalized spacial score (nSPS) is 16.0. The molecule has 1 saturated heterocycles. The zero-order valence-electron chi connectivity index (χ0n) is 15.2. The molecule has 1 aromatic rings. The fraction of sp³-hybridized carbons (Fsp3) is 0.688. The summed E-state index contributed by atoms with van der Waals surface area (Å²) in [5.74, 6) is 0.444. The van der Waals surface area contributed by atoms with Crippen LogP contribution in [0, 0.1) is 5.92 Å². The minimum absolute atomic E-state index is 0. The van der Waals surface area contributed by atoms with Crippen LogP contribution in [0.2, 0.25) is 0 Å². The molecule has 27 heavy (non-hydrogen) atoms. The fourth-order valence-electron chi connectivity index (χ4n) is 2.76. The van der Waals surface area contributed by atoms with Gasteiger partial charge in [0.15, 0.2) is 11.7 Å². The van der Waals surface area contributed by atoms with Crippen molar-refractivity contribution < 1.29 is 22.7 Å². The first kappa shape index (κ1) is 23.9. The van der Waals surface area contributed by atoms with Gasteiger partial charge in [0.1, 0.15) is 0 Å². The Labute approximate surface area is 177 Å². The number of piperidine rings is 1. The lowest BCUT2D eigenvalue weighted by molar-refractivity contribution is -0.149. The number of halogens is 4. The van der Waals surface area contributed by atoms with E-state index in [2.05, 4.69) is 15.3 Å². The average Bonchev–Trinajstić information content (AvgIpc) is 3.08. The smallest absolute Gasteiger partial charge is 0.434 e. The Hall–Kier alpha value is -1.11. The number of aromatic nitrogens is 1. The van der Waals surface area contributed by atoms with E-state index in [1.165, 1.54) is 0 Å². The number of alkyl halides is 3. The van der Waals surface area contributed by atoms with Gasteiger partial charge in [0.2, 0.25) is 0 Å². The van der Waals surface area contributed by atoms with Gasteiger partial charge in [-0.25, -0.2) is 4.98 Å². The third kappa shape index (κ3) is 7.09. The standard InChI is InChI=1S/C16H23F3N4O2S.HI/c1-3-25-14(24)11-5-8-23(9-6-11)15(20-2)21-7-4-13-22-12(10-26-13)16(17,18)19;/h10-11H,3-9H2,1-2H3,(H,20,21);1H. The molecule has 0 aromatic carbocycles. The molecule has 1 N–H and O–H groups in total. The highest BCUT2D eigenvalue weighted by molar-refractivity contribution is 14.0. The molecule has 11 heteroatoms. The number of esters is 1. The summed E-state index contributed by atoms with van der Waals surface area (Å²) in [6.07, 6.45) is -2.62. The van der Waals surface area contributed by atoms with Gasteiger partial charge in [-0.05, 0) is 19.8 Å². The molecular formula is C16H24F3IN4O2S. The predicted molar refractivity (Wildman–Crippen MR) is 109 cm³/mol. The van der Waals surface area contributed by atoms with Crippen molar-refractivity contribution in [3.05, 3.63) is 16.1 Å². The van der Waals surface area contributed by atoms with Gasteiger partial charge in [-0.15, -0.1) is 35.3 Å². The van der Waals surface area contributed by atoms with Crippen molar-refractivity contribution in [2.45, 2.75) is 32.4 Å². The van der Waals surface area contributed by atoms with Crippen LogP contribution in [-0.4, -0.2) is 55.1 Å². The second-order valence-electron chi connectivity index (χ2n) is 5.86. The maximum atomic E-state index is 12.6. The summed E-state index contributed by atoms with van der Waals surface area (Å²) < 4.78 is 42.7. The molecule has 0 amide bonds. The molecule has 1 aromatic heterocycles. The quantitative estimate of drug-likeness (QED) is 0.280. The van der Waals surface area contributed by atoms with E-state index >= 15 is 0 Å². The van der Waals surface area contributed by atoms with Gasteiger partial charge in [-0.3, -0.25) is 9.79 Å². The first-order chi connectivity index (χ1) is 12.3. The molecule has 0 saturated carbocycles. The molecule has 6 nitrogen and oxygen atoms in total. The molecule has 0 radical (unpaired) electrons. The topological polar surface area (TPSA) is 66.8 Å². The Kier molecular flexibility index (Phi) is 9.77. The van der Waals surface area contributed by atoms with Crippen molar-refractivity contribution >= 4 is 47.2 Å². The molecule has 0 atom stereocenters. The third-order valence-electron chi connectivity index (χ3n) is 4.09. The number of ether oxygens (including phenoxy) is 1. The molecule has 0 aliphatic carbocycles. The van der Waals surface area contributed by atoms with Gasteiger partial charge >= 0.3 is 12.1 Å². The fourth-order valence-corrected chi connectivity index (χ4v) is 3.56. The summed E-state index contributed by atoms with van der Waals surface area (Å²) in [5, 5.41) is 4.61. The Morgan fingerprint density at radius 2 is 2.11 bits per heavy atom.